The molecule has 21 heavy (non-hydrogen) atoms. The van der Waals surface area contributed by atoms with Crippen molar-refractivity contribution in [2.24, 2.45) is 0 Å². The maximum atomic E-state index is 14.9. The number of nitrogens with zero attached hydrogens (tertiary/aromatic N) is 3. The van der Waals surface area contributed by atoms with Gasteiger partial charge in [0.2, 0.25) is 5.79 Å². The van der Waals surface area contributed by atoms with Crippen molar-refractivity contribution in [3.63, 3.8) is 0 Å². The zero-order valence-corrected chi connectivity index (χ0v) is 11.1. The van der Waals surface area contributed by atoms with Crippen LogP contribution in [-0.4, -0.2) is 54.4 Å². The molecule has 2 unspecified atom stereocenters. The lowest BCUT2D eigenvalue weighted by molar-refractivity contribution is -0.256. The molecule has 0 aromatic carbocycles. The van der Waals surface area contributed by atoms with Crippen LogP contribution in [0, 0.1) is 0 Å². The van der Waals surface area contributed by atoms with Crippen LogP contribution in [0.2, 0.25) is 0 Å². The molecule has 1 saturated heterocycles. The van der Waals surface area contributed by atoms with E-state index in [9.17, 15) is 14.6 Å². The molecule has 114 valence electrons. The highest BCUT2D eigenvalue weighted by Gasteiger charge is 2.65. The Balaban J connectivity index is 2.19. The van der Waals surface area contributed by atoms with E-state index < -0.39 is 30.3 Å². The number of hydrogen-bond acceptors (Lipinski definition) is 7. The lowest BCUT2D eigenvalue weighted by Gasteiger charge is -2.31. The standard InChI is InChI=1S/C12H15FN4O4/c1-11(13)9(19)7(4-18)21-12(11,20)8-3-2-6-10(14)15-5-16-17(6)8/h2-3,5,7,9,18-20H,4H2,1H3,(H2,14,15,16)/t7?,9-,11-,12?/m1/s1. The average Bonchev–Trinajstić information content (AvgIpc) is 2.95. The summed E-state index contributed by atoms with van der Waals surface area (Å²) in [7, 11) is 0. The molecule has 0 saturated carbocycles. The van der Waals surface area contributed by atoms with Crippen molar-refractivity contribution in [2.45, 2.75) is 30.6 Å². The van der Waals surface area contributed by atoms with Crippen LogP contribution < -0.4 is 5.73 Å². The minimum atomic E-state index is -2.55. The largest absolute Gasteiger partial charge is 0.394 e. The third kappa shape index (κ3) is 1.69. The van der Waals surface area contributed by atoms with Gasteiger partial charge in [-0.2, -0.15) is 5.10 Å². The van der Waals surface area contributed by atoms with E-state index in [1.807, 2.05) is 0 Å². The van der Waals surface area contributed by atoms with Crippen molar-refractivity contribution < 1.29 is 24.4 Å². The number of ether oxygens (including phenoxy) is 1. The van der Waals surface area contributed by atoms with Crippen LogP contribution in [0.15, 0.2) is 18.5 Å². The molecular weight excluding hydrogens is 283 g/mol. The highest BCUT2D eigenvalue weighted by atomic mass is 19.1. The quantitative estimate of drug-likeness (QED) is 0.556. The van der Waals surface area contributed by atoms with E-state index in [1.165, 1.54) is 16.6 Å². The normalized spacial score (nSPS) is 36.4. The number of aliphatic hydroxyl groups is 3. The van der Waals surface area contributed by atoms with Gasteiger partial charge in [0.05, 0.1) is 6.61 Å². The number of aromatic nitrogens is 3. The second kappa shape index (κ2) is 4.34. The van der Waals surface area contributed by atoms with Gasteiger partial charge in [0.25, 0.3) is 0 Å². The van der Waals surface area contributed by atoms with Crippen molar-refractivity contribution in [1.82, 2.24) is 14.6 Å². The van der Waals surface area contributed by atoms with Crippen LogP contribution in [0.5, 0.6) is 0 Å². The average molecular weight is 298 g/mol. The van der Waals surface area contributed by atoms with Crippen LogP contribution in [0.3, 0.4) is 0 Å². The van der Waals surface area contributed by atoms with Crippen LogP contribution >= 0.6 is 0 Å². The number of alkyl halides is 1. The van der Waals surface area contributed by atoms with Crippen LogP contribution in [0.4, 0.5) is 10.2 Å². The molecule has 2 aromatic heterocycles. The molecule has 8 nitrogen and oxygen atoms in total. The first-order valence-electron chi connectivity index (χ1n) is 6.29. The van der Waals surface area contributed by atoms with Crippen molar-refractivity contribution in [3.8, 4) is 0 Å². The Morgan fingerprint density at radius 1 is 1.52 bits per heavy atom. The van der Waals surface area contributed by atoms with Gasteiger partial charge in [-0.25, -0.2) is 13.9 Å². The number of anilines is 1. The fraction of sp³-hybridized carbons (Fsp3) is 0.500. The van der Waals surface area contributed by atoms with Gasteiger partial charge in [0, 0.05) is 0 Å². The Morgan fingerprint density at radius 3 is 2.86 bits per heavy atom. The van der Waals surface area contributed by atoms with E-state index in [0.717, 1.165) is 13.3 Å². The molecule has 3 heterocycles. The molecule has 0 spiro atoms. The van der Waals surface area contributed by atoms with E-state index in [1.54, 1.807) is 0 Å². The molecule has 0 radical (unpaired) electrons. The molecule has 4 atom stereocenters. The third-order valence-electron chi connectivity index (χ3n) is 3.90. The Hall–Kier alpha value is -1.81. The summed E-state index contributed by atoms with van der Waals surface area (Å²) in [6.07, 6.45) is -1.80. The molecule has 2 aromatic rings. The van der Waals surface area contributed by atoms with Gasteiger partial charge in [0.1, 0.15) is 29.7 Å². The van der Waals surface area contributed by atoms with Crippen molar-refractivity contribution >= 4 is 11.3 Å². The third-order valence-corrected chi connectivity index (χ3v) is 3.90. The highest BCUT2D eigenvalue weighted by Crippen LogP contribution is 2.47. The Labute approximate surface area is 118 Å². The van der Waals surface area contributed by atoms with Gasteiger partial charge < -0.3 is 25.8 Å². The summed E-state index contributed by atoms with van der Waals surface area (Å²) in [5.41, 5.74) is 3.45. The summed E-state index contributed by atoms with van der Waals surface area (Å²) >= 11 is 0. The zero-order valence-electron chi connectivity index (χ0n) is 11.1. The zero-order chi connectivity index (χ0) is 15.4. The van der Waals surface area contributed by atoms with E-state index in [0.29, 0.717) is 5.52 Å². The molecule has 0 aliphatic carbocycles. The molecule has 1 fully saturated rings. The van der Waals surface area contributed by atoms with E-state index >= 15 is 0 Å². The molecular formula is C12H15FN4O4. The maximum Gasteiger partial charge on any atom is 0.248 e. The first-order chi connectivity index (χ1) is 9.83. The number of nitrogens with two attached hydrogens (primary N) is 1. The number of aliphatic hydroxyl groups excluding tert-OH is 2. The lowest BCUT2D eigenvalue weighted by Crippen LogP contribution is -2.49. The molecule has 5 N–H and O–H groups in total. The number of halogens is 1. The fourth-order valence-corrected chi connectivity index (χ4v) is 2.61. The second-order valence-corrected chi connectivity index (χ2v) is 5.16. The monoisotopic (exact) mass is 298 g/mol. The van der Waals surface area contributed by atoms with Gasteiger partial charge in [-0.15, -0.1) is 0 Å². The molecule has 0 bridgehead atoms. The Bertz CT molecular complexity index is 691. The summed E-state index contributed by atoms with van der Waals surface area (Å²) in [5.74, 6) is -2.33. The fourth-order valence-electron chi connectivity index (χ4n) is 2.61. The van der Waals surface area contributed by atoms with Crippen LogP contribution in [-0.2, 0) is 10.5 Å². The molecule has 3 rings (SSSR count). The van der Waals surface area contributed by atoms with Crippen LogP contribution in [0.25, 0.3) is 5.52 Å². The maximum absolute atomic E-state index is 14.9. The first kappa shape index (κ1) is 14.1. The van der Waals surface area contributed by atoms with E-state index in [-0.39, 0.29) is 11.5 Å². The Morgan fingerprint density at radius 2 is 2.24 bits per heavy atom. The predicted octanol–water partition coefficient (Wildman–Crippen LogP) is -1.06. The number of hydrogen-bond donors (Lipinski definition) is 4. The van der Waals surface area contributed by atoms with E-state index in [4.69, 9.17) is 15.6 Å². The SMILES string of the molecule is C[C@@]1(F)[C@H](O)C(CO)OC1(O)c1ccc2c(N)ncnn12. The van der Waals surface area contributed by atoms with Gasteiger partial charge in [-0.05, 0) is 19.1 Å². The summed E-state index contributed by atoms with van der Waals surface area (Å²) < 4.78 is 21.2. The number of rotatable bonds is 2. The van der Waals surface area contributed by atoms with Gasteiger partial charge in [-0.1, -0.05) is 0 Å². The van der Waals surface area contributed by atoms with Crippen LogP contribution in [0.1, 0.15) is 12.6 Å². The number of nitrogen functional groups attached to an aromatic ring is 1. The van der Waals surface area contributed by atoms with Crippen molar-refractivity contribution in [1.29, 1.82) is 0 Å². The van der Waals surface area contributed by atoms with Gasteiger partial charge in [-0.3, -0.25) is 0 Å². The van der Waals surface area contributed by atoms with Gasteiger partial charge >= 0.3 is 0 Å². The van der Waals surface area contributed by atoms with Gasteiger partial charge in [0.15, 0.2) is 11.5 Å². The molecule has 9 heteroatoms. The number of fused-ring (bicyclic) bond motifs is 1. The van der Waals surface area contributed by atoms with Crippen molar-refractivity contribution in [2.75, 3.05) is 12.3 Å². The first-order valence-corrected chi connectivity index (χ1v) is 6.29. The summed E-state index contributed by atoms with van der Waals surface area (Å²) in [6.45, 7) is 0.362. The predicted molar refractivity (Wildman–Crippen MR) is 68.8 cm³/mol. The molecule has 1 aliphatic heterocycles. The molecule has 0 amide bonds. The summed E-state index contributed by atoms with van der Waals surface area (Å²) in [4.78, 5) is 3.79. The highest BCUT2D eigenvalue weighted by molar-refractivity contribution is 5.65. The van der Waals surface area contributed by atoms with E-state index in [2.05, 4.69) is 10.1 Å². The second-order valence-electron chi connectivity index (χ2n) is 5.16. The van der Waals surface area contributed by atoms with Crippen molar-refractivity contribution in [3.05, 3.63) is 24.2 Å². The topological polar surface area (TPSA) is 126 Å². The Kier molecular flexibility index (Phi) is 2.92. The minimum Gasteiger partial charge on any atom is -0.394 e. The lowest BCUT2D eigenvalue weighted by atomic mass is 9.90. The smallest absolute Gasteiger partial charge is 0.248 e. The summed E-state index contributed by atoms with van der Waals surface area (Å²) in [5, 5.41) is 33.6. The summed E-state index contributed by atoms with van der Waals surface area (Å²) in [6, 6.07) is 2.88. The minimum absolute atomic E-state index is 0.0494. The molecule has 1 aliphatic rings.